The summed E-state index contributed by atoms with van der Waals surface area (Å²) in [5.41, 5.74) is 0. The normalized spacial score (nSPS) is 14.7. The molecule has 0 rings (SSSR count). The molecule has 0 saturated heterocycles. The van der Waals surface area contributed by atoms with Crippen LogP contribution in [0, 0.1) is 0 Å². The number of unbranched alkanes of at least 4 members (excludes halogenated alkanes) is 7. The number of hydrogen-bond donors (Lipinski definition) is 0. The van der Waals surface area contributed by atoms with Gasteiger partial charge in [-0.3, -0.25) is 0 Å². The van der Waals surface area contributed by atoms with Crippen molar-refractivity contribution in [3.05, 3.63) is 0 Å². The molecule has 0 radical (unpaired) electrons. The first-order chi connectivity index (χ1) is 8.68. The summed E-state index contributed by atoms with van der Waals surface area (Å²) in [5.74, 6) is 0. The quantitative estimate of drug-likeness (QED) is 0.243. The Balaban J connectivity index is 3.72. The van der Waals surface area contributed by atoms with Crippen molar-refractivity contribution in [3.8, 4) is 0 Å². The topological polar surface area (TPSA) is 0 Å². The standard InChI is InChI=1S/C16H35BrN/c1-4-6-8-9-10-12-15-18(3,16-13-17)14-11-7-5-2/h4-16H2,1-3H3/q+1. The zero-order valence-corrected chi connectivity index (χ0v) is 14.6. The van der Waals surface area contributed by atoms with Gasteiger partial charge in [0.15, 0.2) is 0 Å². The van der Waals surface area contributed by atoms with Crippen LogP contribution in [0.4, 0.5) is 0 Å². The number of halogens is 1. The summed E-state index contributed by atoms with van der Waals surface area (Å²) in [6.07, 6.45) is 12.6. The lowest BCUT2D eigenvalue weighted by molar-refractivity contribution is -0.907. The van der Waals surface area contributed by atoms with Gasteiger partial charge in [0.05, 0.1) is 32.0 Å². The number of quaternary nitrogens is 1. The van der Waals surface area contributed by atoms with E-state index < -0.39 is 0 Å². The fourth-order valence-corrected chi connectivity index (χ4v) is 3.41. The van der Waals surface area contributed by atoms with Gasteiger partial charge in [-0.2, -0.15) is 0 Å². The third-order valence-corrected chi connectivity index (χ3v) is 4.33. The average molecular weight is 321 g/mol. The smallest absolute Gasteiger partial charge is 0.0883 e. The van der Waals surface area contributed by atoms with Crippen LogP contribution in [0.25, 0.3) is 0 Å². The second-order valence-electron chi connectivity index (χ2n) is 5.95. The summed E-state index contributed by atoms with van der Waals surface area (Å²) in [4.78, 5) is 0. The van der Waals surface area contributed by atoms with E-state index in [0.29, 0.717) is 0 Å². The van der Waals surface area contributed by atoms with Gasteiger partial charge in [-0.25, -0.2) is 0 Å². The van der Waals surface area contributed by atoms with Gasteiger partial charge in [-0.15, -0.1) is 0 Å². The zero-order chi connectivity index (χ0) is 13.7. The minimum absolute atomic E-state index is 1.14. The molecule has 0 bridgehead atoms. The van der Waals surface area contributed by atoms with Crippen molar-refractivity contribution >= 4 is 15.9 Å². The summed E-state index contributed by atoms with van der Waals surface area (Å²) in [5, 5.41) is 1.14. The fourth-order valence-electron chi connectivity index (χ4n) is 2.56. The first kappa shape index (κ1) is 18.4. The third kappa shape index (κ3) is 10.4. The molecule has 1 nitrogen and oxygen atoms in total. The van der Waals surface area contributed by atoms with E-state index in [1.807, 2.05) is 0 Å². The summed E-state index contributed by atoms with van der Waals surface area (Å²) in [7, 11) is 2.45. The lowest BCUT2D eigenvalue weighted by atomic mass is 10.1. The van der Waals surface area contributed by atoms with Gasteiger partial charge in [0.2, 0.25) is 0 Å². The summed E-state index contributed by atoms with van der Waals surface area (Å²) in [6, 6.07) is 0. The lowest BCUT2D eigenvalue weighted by Crippen LogP contribution is -2.46. The van der Waals surface area contributed by atoms with Crippen LogP contribution in [-0.4, -0.2) is 36.5 Å². The van der Waals surface area contributed by atoms with E-state index in [1.165, 1.54) is 81.9 Å². The molecule has 2 heteroatoms. The Morgan fingerprint density at radius 2 is 1.11 bits per heavy atom. The van der Waals surface area contributed by atoms with Crippen LogP contribution in [-0.2, 0) is 0 Å². The molecule has 0 aromatic rings. The lowest BCUT2D eigenvalue weighted by Gasteiger charge is -2.34. The molecule has 0 aromatic carbocycles. The second kappa shape index (κ2) is 12.5. The highest BCUT2D eigenvalue weighted by molar-refractivity contribution is 9.09. The third-order valence-electron chi connectivity index (χ3n) is 3.98. The Labute approximate surface area is 124 Å². The van der Waals surface area contributed by atoms with Gasteiger partial charge in [-0.05, 0) is 25.7 Å². The molecule has 0 heterocycles. The van der Waals surface area contributed by atoms with Gasteiger partial charge < -0.3 is 4.48 Å². The molecular weight excluding hydrogens is 286 g/mol. The van der Waals surface area contributed by atoms with Crippen LogP contribution in [0.1, 0.15) is 71.6 Å². The van der Waals surface area contributed by atoms with E-state index in [1.54, 1.807) is 0 Å². The molecule has 110 valence electrons. The van der Waals surface area contributed by atoms with Crippen molar-refractivity contribution in [2.45, 2.75) is 71.6 Å². The highest BCUT2D eigenvalue weighted by atomic mass is 79.9. The second-order valence-corrected chi connectivity index (χ2v) is 6.75. The molecule has 0 amide bonds. The Morgan fingerprint density at radius 1 is 0.667 bits per heavy atom. The van der Waals surface area contributed by atoms with E-state index in [2.05, 4.69) is 36.8 Å². The summed E-state index contributed by atoms with van der Waals surface area (Å²) >= 11 is 3.62. The van der Waals surface area contributed by atoms with Gasteiger partial charge >= 0.3 is 0 Å². The first-order valence-corrected chi connectivity index (χ1v) is 9.20. The summed E-state index contributed by atoms with van der Waals surface area (Å²) < 4.78 is 1.28. The Morgan fingerprint density at radius 3 is 1.67 bits per heavy atom. The minimum atomic E-state index is 1.14. The molecule has 0 aromatic heterocycles. The first-order valence-electron chi connectivity index (χ1n) is 8.08. The molecule has 0 fully saturated rings. The van der Waals surface area contributed by atoms with Crippen LogP contribution >= 0.6 is 15.9 Å². The molecule has 18 heavy (non-hydrogen) atoms. The van der Waals surface area contributed by atoms with Crippen molar-refractivity contribution in [3.63, 3.8) is 0 Å². The maximum Gasteiger partial charge on any atom is 0.0883 e. The van der Waals surface area contributed by atoms with Crippen LogP contribution in [0.2, 0.25) is 0 Å². The SMILES string of the molecule is CCCCCCCC[N+](C)(CCBr)CCCCC. The van der Waals surface area contributed by atoms with Crippen LogP contribution < -0.4 is 0 Å². The van der Waals surface area contributed by atoms with E-state index in [0.717, 1.165) is 5.33 Å². The number of alkyl halides is 1. The largest absolute Gasteiger partial charge is 0.325 e. The van der Waals surface area contributed by atoms with Crippen molar-refractivity contribution in [1.29, 1.82) is 0 Å². The fraction of sp³-hybridized carbons (Fsp3) is 1.00. The maximum absolute atomic E-state index is 3.62. The van der Waals surface area contributed by atoms with E-state index >= 15 is 0 Å². The Hall–Kier alpha value is 0.440. The predicted molar refractivity (Wildman–Crippen MR) is 87.5 cm³/mol. The monoisotopic (exact) mass is 320 g/mol. The molecule has 0 spiro atoms. The van der Waals surface area contributed by atoms with Gasteiger partial charge in [-0.1, -0.05) is 61.9 Å². The Kier molecular flexibility index (Phi) is 12.8. The van der Waals surface area contributed by atoms with Crippen LogP contribution in [0.5, 0.6) is 0 Å². The molecule has 1 unspecified atom stereocenters. The molecule has 0 aliphatic rings. The number of hydrogen-bond acceptors (Lipinski definition) is 0. The minimum Gasteiger partial charge on any atom is -0.325 e. The van der Waals surface area contributed by atoms with Crippen molar-refractivity contribution < 1.29 is 4.48 Å². The molecule has 0 aliphatic heterocycles. The van der Waals surface area contributed by atoms with Gasteiger partial charge in [0.25, 0.3) is 0 Å². The average Bonchev–Trinajstić information content (AvgIpc) is 2.34. The van der Waals surface area contributed by atoms with Crippen molar-refractivity contribution in [2.24, 2.45) is 0 Å². The van der Waals surface area contributed by atoms with E-state index in [9.17, 15) is 0 Å². The van der Waals surface area contributed by atoms with Crippen molar-refractivity contribution in [1.82, 2.24) is 0 Å². The highest BCUT2D eigenvalue weighted by Gasteiger charge is 2.19. The van der Waals surface area contributed by atoms with Gasteiger partial charge in [0.1, 0.15) is 0 Å². The molecular formula is C16H35BrN+. The van der Waals surface area contributed by atoms with Crippen LogP contribution in [0.15, 0.2) is 0 Å². The van der Waals surface area contributed by atoms with Gasteiger partial charge in [0, 0.05) is 0 Å². The number of nitrogens with zero attached hydrogens (tertiary/aromatic N) is 1. The molecule has 0 aliphatic carbocycles. The maximum atomic E-state index is 3.62. The molecule has 1 atom stereocenters. The van der Waals surface area contributed by atoms with E-state index in [4.69, 9.17) is 0 Å². The Bertz CT molecular complexity index is 172. The zero-order valence-electron chi connectivity index (χ0n) is 13.0. The van der Waals surface area contributed by atoms with Crippen LogP contribution in [0.3, 0.4) is 0 Å². The highest BCUT2D eigenvalue weighted by Crippen LogP contribution is 2.12. The summed E-state index contributed by atoms with van der Waals surface area (Å²) in [6.45, 7) is 8.62. The van der Waals surface area contributed by atoms with Crippen molar-refractivity contribution in [2.75, 3.05) is 32.0 Å². The van der Waals surface area contributed by atoms with E-state index in [-0.39, 0.29) is 0 Å². The predicted octanol–water partition coefficient (Wildman–Crippen LogP) is 5.38. The molecule has 0 saturated carbocycles. The number of rotatable bonds is 13. The molecule has 0 N–H and O–H groups in total.